The molecule has 0 bridgehead atoms. The molecular formula is C14H28N2O3. The Kier molecular flexibility index (Phi) is 11.3. The normalized spacial score (nSPS) is 11.9. The Hall–Kier alpha value is -1.10. The van der Waals surface area contributed by atoms with E-state index in [0.717, 1.165) is 32.1 Å². The van der Waals surface area contributed by atoms with Crippen molar-refractivity contribution in [3.63, 3.8) is 0 Å². The second kappa shape index (κ2) is 12.0. The van der Waals surface area contributed by atoms with Crippen LogP contribution >= 0.6 is 0 Å². The average molecular weight is 272 g/mol. The van der Waals surface area contributed by atoms with Gasteiger partial charge in [-0.3, -0.25) is 9.59 Å². The quantitative estimate of drug-likeness (QED) is 0.497. The smallest absolute Gasteiger partial charge is 0.220 e. The summed E-state index contributed by atoms with van der Waals surface area (Å²) < 4.78 is 0. The van der Waals surface area contributed by atoms with Crippen molar-refractivity contribution >= 4 is 11.8 Å². The molecule has 0 spiro atoms. The first-order valence-corrected chi connectivity index (χ1v) is 7.30. The molecule has 5 heteroatoms. The number of rotatable bonds is 11. The second-order valence-corrected chi connectivity index (χ2v) is 4.79. The van der Waals surface area contributed by atoms with Gasteiger partial charge in [0.05, 0.1) is 12.6 Å². The summed E-state index contributed by atoms with van der Waals surface area (Å²) in [6.07, 6.45) is 5.25. The predicted octanol–water partition coefficient (Wildman–Crippen LogP) is 1.35. The molecule has 112 valence electrons. The fourth-order valence-corrected chi connectivity index (χ4v) is 1.79. The first kappa shape index (κ1) is 17.9. The Morgan fingerprint density at radius 1 is 1.05 bits per heavy atom. The SMILES string of the molecule is CCCC(=O)NCCCC[C@@H](CO)NC(=O)CCC. The maximum Gasteiger partial charge on any atom is 0.220 e. The van der Waals surface area contributed by atoms with Crippen molar-refractivity contribution in [2.24, 2.45) is 0 Å². The van der Waals surface area contributed by atoms with E-state index in [1.165, 1.54) is 0 Å². The molecule has 0 aliphatic carbocycles. The zero-order valence-corrected chi connectivity index (χ0v) is 12.2. The molecule has 0 aromatic rings. The van der Waals surface area contributed by atoms with Crippen LogP contribution in [0.4, 0.5) is 0 Å². The van der Waals surface area contributed by atoms with Gasteiger partial charge in [0, 0.05) is 19.4 Å². The highest BCUT2D eigenvalue weighted by Gasteiger charge is 2.10. The summed E-state index contributed by atoms with van der Waals surface area (Å²) >= 11 is 0. The van der Waals surface area contributed by atoms with Crippen LogP contribution in [0.5, 0.6) is 0 Å². The van der Waals surface area contributed by atoms with E-state index in [-0.39, 0.29) is 24.5 Å². The van der Waals surface area contributed by atoms with Crippen molar-refractivity contribution in [2.45, 2.75) is 64.8 Å². The molecule has 0 rings (SSSR count). The minimum atomic E-state index is -0.162. The molecule has 0 aliphatic rings. The standard InChI is InChI=1S/C14H28N2O3/c1-3-7-13(18)15-10-6-5-9-12(11-17)16-14(19)8-4-2/h12,17H,3-11H2,1-2H3,(H,15,18)(H,16,19)/t12-/m0/s1. The van der Waals surface area contributed by atoms with Crippen LogP contribution in [0.25, 0.3) is 0 Å². The number of hydrogen-bond acceptors (Lipinski definition) is 3. The van der Waals surface area contributed by atoms with Gasteiger partial charge in [-0.25, -0.2) is 0 Å². The highest BCUT2D eigenvalue weighted by molar-refractivity contribution is 5.76. The Morgan fingerprint density at radius 3 is 2.26 bits per heavy atom. The molecule has 19 heavy (non-hydrogen) atoms. The predicted molar refractivity (Wildman–Crippen MR) is 75.7 cm³/mol. The van der Waals surface area contributed by atoms with Crippen molar-refractivity contribution in [3.8, 4) is 0 Å². The first-order chi connectivity index (χ1) is 9.13. The van der Waals surface area contributed by atoms with Crippen LogP contribution in [0.1, 0.15) is 58.8 Å². The number of carbonyl (C=O) groups excluding carboxylic acids is 2. The van der Waals surface area contributed by atoms with Gasteiger partial charge in [0.15, 0.2) is 0 Å². The van der Waals surface area contributed by atoms with Gasteiger partial charge in [-0.15, -0.1) is 0 Å². The van der Waals surface area contributed by atoms with E-state index >= 15 is 0 Å². The monoisotopic (exact) mass is 272 g/mol. The van der Waals surface area contributed by atoms with Crippen molar-refractivity contribution in [1.29, 1.82) is 0 Å². The Bertz CT molecular complexity index is 257. The zero-order chi connectivity index (χ0) is 14.5. The summed E-state index contributed by atoms with van der Waals surface area (Å²) in [7, 11) is 0. The Balaban J connectivity index is 3.61. The zero-order valence-electron chi connectivity index (χ0n) is 12.2. The third kappa shape index (κ3) is 10.5. The van der Waals surface area contributed by atoms with Crippen LogP contribution < -0.4 is 10.6 Å². The Labute approximate surface area is 116 Å². The molecule has 0 saturated heterocycles. The number of amides is 2. The Morgan fingerprint density at radius 2 is 1.68 bits per heavy atom. The lowest BCUT2D eigenvalue weighted by atomic mass is 10.1. The van der Waals surface area contributed by atoms with E-state index in [4.69, 9.17) is 0 Å². The van der Waals surface area contributed by atoms with Gasteiger partial charge in [0.25, 0.3) is 0 Å². The minimum Gasteiger partial charge on any atom is -0.394 e. The molecule has 0 aliphatic heterocycles. The molecular weight excluding hydrogens is 244 g/mol. The van der Waals surface area contributed by atoms with Crippen LogP contribution in [-0.4, -0.2) is 36.1 Å². The summed E-state index contributed by atoms with van der Waals surface area (Å²) in [4.78, 5) is 22.6. The second-order valence-electron chi connectivity index (χ2n) is 4.79. The van der Waals surface area contributed by atoms with E-state index in [9.17, 15) is 14.7 Å². The van der Waals surface area contributed by atoms with Gasteiger partial charge in [0.1, 0.15) is 0 Å². The van der Waals surface area contributed by atoms with Gasteiger partial charge in [0.2, 0.25) is 11.8 Å². The van der Waals surface area contributed by atoms with E-state index in [1.807, 2.05) is 13.8 Å². The number of unbranched alkanes of at least 4 members (excludes halogenated alkanes) is 1. The number of nitrogens with one attached hydrogen (secondary N) is 2. The number of carbonyl (C=O) groups is 2. The van der Waals surface area contributed by atoms with Crippen molar-refractivity contribution < 1.29 is 14.7 Å². The fourth-order valence-electron chi connectivity index (χ4n) is 1.79. The van der Waals surface area contributed by atoms with Crippen molar-refractivity contribution in [2.75, 3.05) is 13.2 Å². The molecule has 0 heterocycles. The van der Waals surface area contributed by atoms with E-state index in [2.05, 4.69) is 10.6 Å². The topological polar surface area (TPSA) is 78.4 Å². The van der Waals surface area contributed by atoms with Crippen LogP contribution in [-0.2, 0) is 9.59 Å². The molecule has 5 nitrogen and oxygen atoms in total. The van der Waals surface area contributed by atoms with Crippen molar-refractivity contribution in [1.82, 2.24) is 10.6 Å². The molecule has 1 atom stereocenters. The maximum absolute atomic E-state index is 11.4. The first-order valence-electron chi connectivity index (χ1n) is 7.30. The highest BCUT2D eigenvalue weighted by Crippen LogP contribution is 2.01. The largest absolute Gasteiger partial charge is 0.394 e. The third-order valence-corrected chi connectivity index (χ3v) is 2.84. The number of aliphatic hydroxyl groups is 1. The van der Waals surface area contributed by atoms with E-state index in [0.29, 0.717) is 19.4 Å². The average Bonchev–Trinajstić information content (AvgIpc) is 2.37. The van der Waals surface area contributed by atoms with Gasteiger partial charge in [-0.1, -0.05) is 13.8 Å². The summed E-state index contributed by atoms with van der Waals surface area (Å²) in [6.45, 7) is 4.56. The van der Waals surface area contributed by atoms with E-state index in [1.54, 1.807) is 0 Å². The molecule has 2 amide bonds. The maximum atomic E-state index is 11.4. The van der Waals surface area contributed by atoms with E-state index < -0.39 is 0 Å². The highest BCUT2D eigenvalue weighted by atomic mass is 16.3. The summed E-state index contributed by atoms with van der Waals surface area (Å²) in [5, 5.41) is 14.8. The lowest BCUT2D eigenvalue weighted by molar-refractivity contribution is -0.122. The molecule has 3 N–H and O–H groups in total. The van der Waals surface area contributed by atoms with Crippen molar-refractivity contribution in [3.05, 3.63) is 0 Å². The molecule has 0 aromatic carbocycles. The number of hydrogen-bond donors (Lipinski definition) is 3. The molecule has 0 aromatic heterocycles. The third-order valence-electron chi connectivity index (χ3n) is 2.84. The van der Waals surface area contributed by atoms with Gasteiger partial charge in [-0.05, 0) is 32.1 Å². The van der Waals surface area contributed by atoms with Gasteiger partial charge < -0.3 is 15.7 Å². The molecule has 0 unspecified atom stereocenters. The molecule has 0 radical (unpaired) electrons. The number of aliphatic hydroxyl groups excluding tert-OH is 1. The van der Waals surface area contributed by atoms with Crippen LogP contribution in [0.15, 0.2) is 0 Å². The van der Waals surface area contributed by atoms with Gasteiger partial charge in [-0.2, -0.15) is 0 Å². The van der Waals surface area contributed by atoms with Crippen LogP contribution in [0, 0.1) is 0 Å². The fraction of sp³-hybridized carbons (Fsp3) is 0.857. The van der Waals surface area contributed by atoms with Gasteiger partial charge >= 0.3 is 0 Å². The van der Waals surface area contributed by atoms with Crippen LogP contribution in [0.3, 0.4) is 0 Å². The molecule has 0 saturated carbocycles. The molecule has 0 fully saturated rings. The summed E-state index contributed by atoms with van der Waals surface area (Å²) in [5.74, 6) is 0.0928. The lowest BCUT2D eigenvalue weighted by Crippen LogP contribution is -2.37. The van der Waals surface area contributed by atoms with Crippen LogP contribution in [0.2, 0.25) is 0 Å². The summed E-state index contributed by atoms with van der Waals surface area (Å²) in [6, 6.07) is -0.162. The summed E-state index contributed by atoms with van der Waals surface area (Å²) in [5.41, 5.74) is 0. The minimum absolute atomic E-state index is 0.00204. The lowest BCUT2D eigenvalue weighted by Gasteiger charge is -2.16.